The van der Waals surface area contributed by atoms with E-state index in [1.807, 2.05) is 6.07 Å². The van der Waals surface area contributed by atoms with Crippen molar-refractivity contribution in [3.63, 3.8) is 0 Å². The van der Waals surface area contributed by atoms with E-state index in [1.54, 1.807) is 12.1 Å². The predicted octanol–water partition coefficient (Wildman–Crippen LogP) is 4.68. The maximum atomic E-state index is 12.3. The van der Waals surface area contributed by atoms with E-state index in [2.05, 4.69) is 61.8 Å². The van der Waals surface area contributed by atoms with Crippen LogP contribution in [0.4, 0.5) is 5.69 Å². The van der Waals surface area contributed by atoms with Gasteiger partial charge in [-0.05, 0) is 65.0 Å². The van der Waals surface area contributed by atoms with Crippen LogP contribution < -0.4 is 10.7 Å². The summed E-state index contributed by atoms with van der Waals surface area (Å²) >= 11 is 0. The molecule has 2 atom stereocenters. The van der Waals surface area contributed by atoms with Gasteiger partial charge in [-0.2, -0.15) is 0 Å². The Labute approximate surface area is 168 Å². The number of amides is 1. The van der Waals surface area contributed by atoms with E-state index < -0.39 is 0 Å². The van der Waals surface area contributed by atoms with E-state index in [0.29, 0.717) is 24.3 Å². The predicted molar refractivity (Wildman–Crippen MR) is 115 cm³/mol. The van der Waals surface area contributed by atoms with Crippen LogP contribution >= 0.6 is 0 Å². The zero-order chi connectivity index (χ0) is 19.8. The maximum Gasteiger partial charge on any atom is 0.268 e. The summed E-state index contributed by atoms with van der Waals surface area (Å²) in [5.41, 5.74) is 10.6. The zero-order valence-corrected chi connectivity index (χ0v) is 17.4. The van der Waals surface area contributed by atoms with Crippen LogP contribution in [0.5, 0.6) is 0 Å². The number of carbonyl (C=O) groups excluding carboxylic acids is 1. The molecule has 2 aliphatic heterocycles. The summed E-state index contributed by atoms with van der Waals surface area (Å²) in [6.07, 6.45) is 2.29. The van der Waals surface area contributed by atoms with Crippen molar-refractivity contribution >= 4 is 11.6 Å². The third-order valence-electron chi connectivity index (χ3n) is 6.31. The van der Waals surface area contributed by atoms with Gasteiger partial charge in [0, 0.05) is 31.4 Å². The zero-order valence-electron chi connectivity index (χ0n) is 17.4. The van der Waals surface area contributed by atoms with E-state index >= 15 is 0 Å². The molecule has 0 aromatic heterocycles. The molecule has 0 bridgehead atoms. The molecular formula is C24H31N3O. The fourth-order valence-corrected chi connectivity index (χ4v) is 4.49. The highest BCUT2D eigenvalue weighted by atomic mass is 16.2. The Bertz CT molecular complexity index is 889. The maximum absolute atomic E-state index is 12.3. The van der Waals surface area contributed by atoms with E-state index in [0.717, 1.165) is 30.5 Å². The second-order valence-electron chi connectivity index (χ2n) is 8.77. The number of fused-ring (bicyclic) bond motifs is 2. The minimum absolute atomic E-state index is 0.0505. The molecule has 0 saturated heterocycles. The lowest BCUT2D eigenvalue weighted by atomic mass is 9.83. The lowest BCUT2D eigenvalue weighted by molar-refractivity contribution is 0.0685. The molecule has 148 valence electrons. The highest BCUT2D eigenvalue weighted by Crippen LogP contribution is 2.33. The van der Waals surface area contributed by atoms with Gasteiger partial charge in [0.25, 0.3) is 5.91 Å². The fraction of sp³-hybridized carbons (Fsp3) is 0.458. The molecule has 2 unspecified atom stereocenters. The molecular weight excluding hydrogens is 346 g/mol. The second kappa shape index (κ2) is 7.59. The monoisotopic (exact) mass is 377 g/mol. The van der Waals surface area contributed by atoms with Gasteiger partial charge in [0.15, 0.2) is 0 Å². The molecule has 2 aliphatic rings. The van der Waals surface area contributed by atoms with Crippen LogP contribution in [0.1, 0.15) is 71.6 Å². The summed E-state index contributed by atoms with van der Waals surface area (Å²) in [7, 11) is 1.78. The molecule has 1 amide bonds. The van der Waals surface area contributed by atoms with Gasteiger partial charge in [-0.25, -0.2) is 5.43 Å². The number of hydrazine groups is 1. The first-order chi connectivity index (χ1) is 13.4. The molecule has 4 rings (SSSR count). The van der Waals surface area contributed by atoms with Gasteiger partial charge in [-0.1, -0.05) is 45.0 Å². The summed E-state index contributed by atoms with van der Waals surface area (Å²) < 4.78 is 0. The number of nitrogens with zero attached hydrogens (tertiary/aromatic N) is 1. The van der Waals surface area contributed by atoms with Gasteiger partial charge < -0.3 is 5.32 Å². The molecule has 28 heavy (non-hydrogen) atoms. The molecule has 0 saturated carbocycles. The smallest absolute Gasteiger partial charge is 0.268 e. The number of nitrogens with one attached hydrogen (secondary N) is 2. The number of carbonyl (C=O) groups is 1. The van der Waals surface area contributed by atoms with Crippen molar-refractivity contribution in [3.8, 4) is 0 Å². The second-order valence-corrected chi connectivity index (χ2v) is 8.77. The lowest BCUT2D eigenvalue weighted by Crippen LogP contribution is -2.43. The average molecular weight is 378 g/mol. The first kappa shape index (κ1) is 19.0. The minimum atomic E-state index is 0.0505. The van der Waals surface area contributed by atoms with Crippen molar-refractivity contribution in [2.75, 3.05) is 18.9 Å². The van der Waals surface area contributed by atoms with Crippen LogP contribution in [0.25, 0.3) is 0 Å². The summed E-state index contributed by atoms with van der Waals surface area (Å²) in [6.45, 7) is 8.57. The SMILES string of the molecule is CC(C)c1ccc2c(c1)CC(CC(C)c1ccc3c(c1)CNN(C)C3=O)CN2. The van der Waals surface area contributed by atoms with E-state index in [9.17, 15) is 4.79 Å². The van der Waals surface area contributed by atoms with Crippen molar-refractivity contribution in [1.29, 1.82) is 0 Å². The quantitative estimate of drug-likeness (QED) is 0.813. The lowest BCUT2D eigenvalue weighted by Gasteiger charge is -2.30. The van der Waals surface area contributed by atoms with Crippen molar-refractivity contribution < 1.29 is 4.79 Å². The summed E-state index contributed by atoms with van der Waals surface area (Å²) in [5, 5.41) is 5.21. The van der Waals surface area contributed by atoms with Gasteiger partial charge in [0.05, 0.1) is 0 Å². The first-order valence-electron chi connectivity index (χ1n) is 10.4. The van der Waals surface area contributed by atoms with Gasteiger partial charge in [-0.3, -0.25) is 9.80 Å². The standard InChI is InChI=1S/C24H31N3O/c1-15(2)18-6-8-23-20(11-18)10-17(13-25-23)9-16(3)19-5-7-22-21(12-19)14-26-27(4)24(22)28/h5-8,11-12,15-17,25-26H,9-10,13-14H2,1-4H3. The highest BCUT2D eigenvalue weighted by molar-refractivity contribution is 5.96. The molecule has 4 nitrogen and oxygen atoms in total. The molecule has 4 heteroatoms. The number of hydrogen-bond donors (Lipinski definition) is 2. The summed E-state index contributed by atoms with van der Waals surface area (Å²) in [4.78, 5) is 12.3. The van der Waals surface area contributed by atoms with Crippen LogP contribution in [0.3, 0.4) is 0 Å². The Balaban J connectivity index is 1.47. The molecule has 2 heterocycles. The van der Waals surface area contributed by atoms with Crippen LogP contribution in [-0.4, -0.2) is 24.5 Å². The molecule has 0 aliphatic carbocycles. The van der Waals surface area contributed by atoms with Crippen molar-refractivity contribution in [1.82, 2.24) is 10.4 Å². The Morgan fingerprint density at radius 3 is 2.61 bits per heavy atom. The van der Waals surface area contributed by atoms with E-state index in [4.69, 9.17) is 0 Å². The third kappa shape index (κ3) is 3.66. The number of hydrogen-bond acceptors (Lipinski definition) is 3. The minimum Gasteiger partial charge on any atom is -0.385 e. The molecule has 0 fully saturated rings. The molecule has 2 aromatic carbocycles. The summed E-state index contributed by atoms with van der Waals surface area (Å²) in [5.74, 6) is 1.72. The first-order valence-corrected chi connectivity index (χ1v) is 10.4. The number of benzene rings is 2. The normalized spacial score (nSPS) is 19.8. The fourth-order valence-electron chi connectivity index (χ4n) is 4.49. The highest BCUT2D eigenvalue weighted by Gasteiger charge is 2.24. The Morgan fingerprint density at radius 1 is 1.07 bits per heavy atom. The third-order valence-corrected chi connectivity index (χ3v) is 6.31. The Hall–Kier alpha value is -2.33. The largest absolute Gasteiger partial charge is 0.385 e. The van der Waals surface area contributed by atoms with Gasteiger partial charge in [-0.15, -0.1) is 0 Å². The molecule has 2 aromatic rings. The van der Waals surface area contributed by atoms with E-state index in [-0.39, 0.29) is 5.91 Å². The molecule has 0 spiro atoms. The molecule has 2 N–H and O–H groups in total. The summed E-state index contributed by atoms with van der Waals surface area (Å²) in [6, 6.07) is 13.2. The average Bonchev–Trinajstić information content (AvgIpc) is 2.70. The van der Waals surface area contributed by atoms with Gasteiger partial charge >= 0.3 is 0 Å². The van der Waals surface area contributed by atoms with E-state index in [1.165, 1.54) is 22.4 Å². The van der Waals surface area contributed by atoms with Crippen molar-refractivity contribution in [2.24, 2.45) is 5.92 Å². The van der Waals surface area contributed by atoms with Gasteiger partial charge in [0.1, 0.15) is 0 Å². The Morgan fingerprint density at radius 2 is 1.82 bits per heavy atom. The van der Waals surface area contributed by atoms with Crippen LogP contribution in [0.15, 0.2) is 36.4 Å². The van der Waals surface area contributed by atoms with Crippen LogP contribution in [-0.2, 0) is 13.0 Å². The molecule has 0 radical (unpaired) electrons. The van der Waals surface area contributed by atoms with Crippen LogP contribution in [0.2, 0.25) is 0 Å². The Kier molecular flexibility index (Phi) is 5.15. The van der Waals surface area contributed by atoms with Crippen molar-refractivity contribution in [3.05, 3.63) is 64.2 Å². The van der Waals surface area contributed by atoms with Crippen LogP contribution in [0, 0.1) is 5.92 Å². The number of anilines is 1. The number of rotatable bonds is 4. The van der Waals surface area contributed by atoms with Gasteiger partial charge in [0.2, 0.25) is 0 Å². The van der Waals surface area contributed by atoms with Crippen molar-refractivity contribution in [2.45, 2.75) is 52.0 Å². The topological polar surface area (TPSA) is 44.4 Å².